The Balaban J connectivity index is 1.72. The molecule has 2 N–H and O–H groups in total. The number of hydrogen-bond donors (Lipinski definition) is 2. The number of H-pyrrole nitrogens is 1. The van der Waals surface area contributed by atoms with E-state index in [1.165, 1.54) is 0 Å². The first kappa shape index (κ1) is 18.4. The Hall–Kier alpha value is -3.94. The lowest BCUT2D eigenvalue weighted by Gasteiger charge is -2.10. The van der Waals surface area contributed by atoms with Gasteiger partial charge in [0.1, 0.15) is 5.65 Å². The van der Waals surface area contributed by atoms with Crippen molar-refractivity contribution in [3.05, 3.63) is 71.3 Å². The molecule has 146 valence electrons. The van der Waals surface area contributed by atoms with Gasteiger partial charge in [-0.15, -0.1) is 0 Å². The quantitative estimate of drug-likeness (QED) is 0.392. The zero-order valence-electron chi connectivity index (χ0n) is 15.9. The highest BCUT2D eigenvalue weighted by Gasteiger charge is 2.37. The number of esters is 1. The number of pyridine rings is 2. The standard InChI is InChI=1S/C21H18N4O4/c1-3-28-21(27)17-18(26)16(9-13-11-24-19-14(13)5-4-7-23-19)29-20(17)25-15-6-8-22-10-12(15)2/h4-11H,3H2,1-2H3,(H,22,25)(H,23,24)/b16-9-. The van der Waals surface area contributed by atoms with Crippen molar-refractivity contribution in [1.29, 1.82) is 0 Å². The lowest BCUT2D eigenvalue weighted by Crippen LogP contribution is -2.16. The molecule has 0 aromatic carbocycles. The second kappa shape index (κ2) is 7.59. The second-order valence-corrected chi connectivity index (χ2v) is 6.32. The lowest BCUT2D eigenvalue weighted by molar-refractivity contribution is -0.139. The monoisotopic (exact) mass is 390 g/mol. The van der Waals surface area contributed by atoms with Crippen LogP contribution in [0.5, 0.6) is 0 Å². The Kier molecular flexibility index (Phi) is 4.82. The highest BCUT2D eigenvalue weighted by Crippen LogP contribution is 2.30. The van der Waals surface area contributed by atoms with Crippen molar-refractivity contribution in [3.8, 4) is 0 Å². The summed E-state index contributed by atoms with van der Waals surface area (Å²) >= 11 is 0. The van der Waals surface area contributed by atoms with Gasteiger partial charge in [-0.1, -0.05) is 0 Å². The van der Waals surface area contributed by atoms with E-state index in [2.05, 4.69) is 20.3 Å². The highest BCUT2D eigenvalue weighted by molar-refractivity contribution is 6.26. The number of carbonyl (C=O) groups excluding carboxylic acids is 2. The molecule has 8 nitrogen and oxygen atoms in total. The molecule has 0 aliphatic carbocycles. The molecule has 3 aromatic rings. The number of Topliss-reactive ketones (excluding diaryl/α,β-unsaturated/α-hetero) is 1. The van der Waals surface area contributed by atoms with E-state index in [-0.39, 0.29) is 23.8 Å². The molecular formula is C21H18N4O4. The average molecular weight is 390 g/mol. The number of allylic oxidation sites excluding steroid dienone is 1. The van der Waals surface area contributed by atoms with E-state index in [0.29, 0.717) is 11.3 Å². The summed E-state index contributed by atoms with van der Waals surface area (Å²) in [5.41, 5.74) is 2.74. The van der Waals surface area contributed by atoms with E-state index in [4.69, 9.17) is 9.47 Å². The van der Waals surface area contributed by atoms with Crippen molar-refractivity contribution < 1.29 is 19.1 Å². The largest absolute Gasteiger partial charge is 0.462 e. The van der Waals surface area contributed by atoms with Crippen LogP contribution in [0.4, 0.5) is 5.69 Å². The van der Waals surface area contributed by atoms with Crippen LogP contribution >= 0.6 is 0 Å². The Morgan fingerprint density at radius 2 is 2.21 bits per heavy atom. The van der Waals surface area contributed by atoms with Gasteiger partial charge in [-0.3, -0.25) is 9.78 Å². The van der Waals surface area contributed by atoms with E-state index in [1.807, 2.05) is 13.0 Å². The predicted molar refractivity (Wildman–Crippen MR) is 106 cm³/mol. The molecule has 1 aliphatic heterocycles. The summed E-state index contributed by atoms with van der Waals surface area (Å²) in [6, 6.07) is 5.41. The Bertz CT molecular complexity index is 1180. The average Bonchev–Trinajstić information content (AvgIpc) is 3.25. The number of nitrogens with zero attached hydrogens (tertiary/aromatic N) is 2. The van der Waals surface area contributed by atoms with Gasteiger partial charge in [0.15, 0.2) is 11.3 Å². The summed E-state index contributed by atoms with van der Waals surface area (Å²) in [6.07, 6.45) is 8.25. The second-order valence-electron chi connectivity index (χ2n) is 6.32. The summed E-state index contributed by atoms with van der Waals surface area (Å²) in [6.45, 7) is 3.67. The van der Waals surface area contributed by atoms with Gasteiger partial charge >= 0.3 is 5.97 Å². The third-order valence-corrected chi connectivity index (χ3v) is 4.41. The molecule has 4 rings (SSSR count). The maximum atomic E-state index is 12.9. The van der Waals surface area contributed by atoms with E-state index < -0.39 is 11.8 Å². The number of rotatable bonds is 5. The minimum atomic E-state index is -0.740. The minimum absolute atomic E-state index is 0.0204. The zero-order chi connectivity index (χ0) is 20.4. The molecule has 8 heteroatoms. The number of nitrogens with one attached hydrogen (secondary N) is 2. The van der Waals surface area contributed by atoms with Crippen LogP contribution in [0.3, 0.4) is 0 Å². The molecule has 0 spiro atoms. The Morgan fingerprint density at radius 3 is 3.00 bits per heavy atom. The maximum absolute atomic E-state index is 12.9. The topological polar surface area (TPSA) is 106 Å². The minimum Gasteiger partial charge on any atom is -0.462 e. The summed E-state index contributed by atoms with van der Waals surface area (Å²) in [7, 11) is 0. The van der Waals surface area contributed by atoms with Crippen molar-refractivity contribution in [1.82, 2.24) is 15.0 Å². The molecule has 0 saturated carbocycles. The Morgan fingerprint density at radius 1 is 1.34 bits per heavy atom. The molecule has 0 saturated heterocycles. The normalized spacial score (nSPS) is 15.1. The predicted octanol–water partition coefficient (Wildman–Crippen LogP) is 3.09. The van der Waals surface area contributed by atoms with Crippen LogP contribution in [0.15, 0.2) is 60.2 Å². The van der Waals surface area contributed by atoms with Crippen LogP contribution in [-0.2, 0) is 19.1 Å². The van der Waals surface area contributed by atoms with Crippen LogP contribution in [0, 0.1) is 6.92 Å². The highest BCUT2D eigenvalue weighted by atomic mass is 16.5. The molecule has 0 radical (unpaired) electrons. The van der Waals surface area contributed by atoms with E-state index in [1.54, 1.807) is 49.9 Å². The van der Waals surface area contributed by atoms with Crippen molar-refractivity contribution in [2.24, 2.45) is 0 Å². The molecule has 3 aromatic heterocycles. The van der Waals surface area contributed by atoms with Gasteiger partial charge in [0, 0.05) is 41.4 Å². The van der Waals surface area contributed by atoms with Gasteiger partial charge in [-0.2, -0.15) is 0 Å². The third kappa shape index (κ3) is 3.47. The molecule has 0 unspecified atom stereocenters. The van der Waals surface area contributed by atoms with Gasteiger partial charge in [0.25, 0.3) is 0 Å². The van der Waals surface area contributed by atoms with Crippen LogP contribution in [-0.4, -0.2) is 33.3 Å². The van der Waals surface area contributed by atoms with Crippen LogP contribution in [0.1, 0.15) is 18.1 Å². The molecule has 4 heterocycles. The number of aromatic amines is 1. The number of carbonyl (C=O) groups is 2. The van der Waals surface area contributed by atoms with Gasteiger partial charge in [-0.25, -0.2) is 9.78 Å². The summed E-state index contributed by atoms with van der Waals surface area (Å²) in [5.74, 6) is -1.23. The first-order valence-corrected chi connectivity index (χ1v) is 9.04. The molecule has 0 amide bonds. The first-order valence-electron chi connectivity index (χ1n) is 9.04. The third-order valence-electron chi connectivity index (χ3n) is 4.41. The number of ketones is 1. The summed E-state index contributed by atoms with van der Waals surface area (Å²) in [4.78, 5) is 36.7. The van der Waals surface area contributed by atoms with E-state index in [9.17, 15) is 9.59 Å². The van der Waals surface area contributed by atoms with E-state index >= 15 is 0 Å². The molecule has 0 fully saturated rings. The van der Waals surface area contributed by atoms with Gasteiger partial charge in [0.2, 0.25) is 11.7 Å². The van der Waals surface area contributed by atoms with Crippen LogP contribution < -0.4 is 5.32 Å². The maximum Gasteiger partial charge on any atom is 0.347 e. The van der Waals surface area contributed by atoms with Crippen molar-refractivity contribution >= 4 is 34.5 Å². The van der Waals surface area contributed by atoms with Crippen LogP contribution in [0.2, 0.25) is 0 Å². The number of aromatic nitrogens is 3. The summed E-state index contributed by atoms with van der Waals surface area (Å²) < 4.78 is 10.8. The number of ether oxygens (including phenoxy) is 2. The number of fused-ring (bicyclic) bond motifs is 1. The Labute approximate surface area is 166 Å². The lowest BCUT2D eigenvalue weighted by atomic mass is 10.1. The smallest absolute Gasteiger partial charge is 0.347 e. The SMILES string of the molecule is CCOC(=O)C1=C(Nc2ccncc2C)O/C(=C\c2c[nH]c3ncccc23)C1=O. The van der Waals surface area contributed by atoms with Gasteiger partial charge in [0.05, 0.1) is 6.61 Å². The molecular weight excluding hydrogens is 372 g/mol. The van der Waals surface area contributed by atoms with Crippen molar-refractivity contribution in [3.63, 3.8) is 0 Å². The molecule has 29 heavy (non-hydrogen) atoms. The number of aryl methyl sites for hydroxylation is 1. The van der Waals surface area contributed by atoms with Gasteiger partial charge < -0.3 is 19.8 Å². The number of anilines is 1. The fourth-order valence-electron chi connectivity index (χ4n) is 2.98. The molecule has 1 aliphatic rings. The van der Waals surface area contributed by atoms with Crippen molar-refractivity contribution in [2.45, 2.75) is 13.8 Å². The van der Waals surface area contributed by atoms with Crippen LogP contribution in [0.25, 0.3) is 17.1 Å². The number of hydrogen-bond acceptors (Lipinski definition) is 7. The zero-order valence-corrected chi connectivity index (χ0v) is 15.9. The fraction of sp³-hybridized carbons (Fsp3) is 0.143. The van der Waals surface area contributed by atoms with Crippen molar-refractivity contribution in [2.75, 3.05) is 11.9 Å². The molecule has 0 bridgehead atoms. The van der Waals surface area contributed by atoms with Gasteiger partial charge in [-0.05, 0) is 43.7 Å². The first-order chi connectivity index (χ1) is 14.1. The van der Waals surface area contributed by atoms with E-state index in [0.717, 1.165) is 16.5 Å². The summed E-state index contributed by atoms with van der Waals surface area (Å²) in [5, 5.41) is 3.84. The fourth-order valence-corrected chi connectivity index (χ4v) is 2.98. The molecule has 0 atom stereocenters.